The van der Waals surface area contributed by atoms with Gasteiger partial charge in [-0.25, -0.2) is 8.42 Å². The SMILES string of the molecule is CC(C)n1ccc(C(=O)Nc2ccc(S(=O)(=O)N3C[C@@H]4C[C@H]5C[C@H]4[C@@H]3[C@H]5O)cc2)n1. The van der Waals surface area contributed by atoms with Crippen LogP contribution >= 0.6 is 0 Å². The van der Waals surface area contributed by atoms with Gasteiger partial charge in [0.05, 0.1) is 17.0 Å². The van der Waals surface area contributed by atoms with Crippen LogP contribution in [0, 0.1) is 17.8 Å². The second-order valence-electron chi connectivity index (χ2n) is 8.96. The molecule has 1 amide bonds. The van der Waals surface area contributed by atoms with E-state index in [0.717, 1.165) is 12.8 Å². The van der Waals surface area contributed by atoms with Crippen LogP contribution in [0.2, 0.25) is 0 Å². The predicted octanol–water partition coefficient (Wildman–Crippen LogP) is 2.11. The molecule has 3 fully saturated rings. The quantitative estimate of drug-likeness (QED) is 0.756. The van der Waals surface area contributed by atoms with Gasteiger partial charge in [-0.3, -0.25) is 9.48 Å². The van der Waals surface area contributed by atoms with Crippen molar-refractivity contribution in [3.8, 4) is 0 Å². The summed E-state index contributed by atoms with van der Waals surface area (Å²) in [5, 5.41) is 17.5. The molecule has 1 aliphatic heterocycles. The van der Waals surface area contributed by atoms with Crippen molar-refractivity contribution in [2.24, 2.45) is 17.8 Å². The Hall–Kier alpha value is -2.23. The fraction of sp³-hybridized carbons (Fsp3) is 0.524. The number of rotatable bonds is 5. The Morgan fingerprint density at radius 1 is 1.17 bits per heavy atom. The van der Waals surface area contributed by atoms with Crippen molar-refractivity contribution < 1.29 is 18.3 Å². The highest BCUT2D eigenvalue weighted by Gasteiger charge is 2.61. The molecule has 0 unspecified atom stereocenters. The minimum absolute atomic E-state index is 0.158. The molecule has 5 rings (SSSR count). The molecule has 0 spiro atoms. The van der Waals surface area contributed by atoms with E-state index >= 15 is 0 Å². The maximum Gasteiger partial charge on any atom is 0.276 e. The topological polar surface area (TPSA) is 105 Å². The molecule has 3 aliphatic rings. The first-order valence-corrected chi connectivity index (χ1v) is 11.9. The number of fused-ring (bicyclic) bond motifs is 1. The molecular formula is C21H26N4O4S. The first-order chi connectivity index (χ1) is 14.3. The summed E-state index contributed by atoms with van der Waals surface area (Å²) in [6.07, 6.45) is 3.04. The zero-order chi connectivity index (χ0) is 21.2. The van der Waals surface area contributed by atoms with E-state index in [1.165, 1.54) is 16.4 Å². The number of carbonyl (C=O) groups excluding carboxylic acids is 1. The third-order valence-corrected chi connectivity index (χ3v) is 8.77. The molecule has 2 aromatic rings. The Kier molecular flexibility index (Phi) is 4.53. The van der Waals surface area contributed by atoms with Crippen LogP contribution in [0.4, 0.5) is 5.69 Å². The van der Waals surface area contributed by atoms with Gasteiger partial charge in [-0.15, -0.1) is 0 Å². The highest BCUT2D eigenvalue weighted by atomic mass is 32.2. The zero-order valence-electron chi connectivity index (χ0n) is 17.0. The van der Waals surface area contributed by atoms with Crippen LogP contribution in [0.15, 0.2) is 41.4 Å². The van der Waals surface area contributed by atoms with E-state index in [4.69, 9.17) is 0 Å². The van der Waals surface area contributed by atoms with Crippen molar-refractivity contribution in [1.82, 2.24) is 14.1 Å². The molecule has 1 aromatic carbocycles. The molecular weight excluding hydrogens is 404 g/mol. The normalized spacial score (nSPS) is 30.3. The Bertz CT molecular complexity index is 1080. The summed E-state index contributed by atoms with van der Waals surface area (Å²) in [6.45, 7) is 4.44. The molecule has 1 saturated heterocycles. The first-order valence-electron chi connectivity index (χ1n) is 10.4. The Morgan fingerprint density at radius 2 is 1.90 bits per heavy atom. The van der Waals surface area contributed by atoms with E-state index in [-0.39, 0.29) is 34.7 Å². The third-order valence-electron chi connectivity index (χ3n) is 6.89. The smallest absolute Gasteiger partial charge is 0.276 e. The van der Waals surface area contributed by atoms with Crippen LogP contribution in [0.1, 0.15) is 43.2 Å². The maximum atomic E-state index is 13.2. The summed E-state index contributed by atoms with van der Waals surface area (Å²) in [5.41, 5.74) is 0.804. The Labute approximate surface area is 175 Å². The molecule has 2 bridgehead atoms. The van der Waals surface area contributed by atoms with Crippen molar-refractivity contribution in [3.05, 3.63) is 42.2 Å². The summed E-state index contributed by atoms with van der Waals surface area (Å²) in [7, 11) is -3.69. The van der Waals surface area contributed by atoms with E-state index < -0.39 is 16.1 Å². The number of aliphatic hydroxyl groups excluding tert-OH is 1. The molecule has 2 aliphatic carbocycles. The first kappa shape index (κ1) is 19.7. The van der Waals surface area contributed by atoms with Crippen LogP contribution in [-0.4, -0.2) is 52.2 Å². The van der Waals surface area contributed by atoms with Gasteiger partial charge in [0.2, 0.25) is 10.0 Å². The lowest BCUT2D eigenvalue weighted by Crippen LogP contribution is -2.43. The highest BCUT2D eigenvalue weighted by molar-refractivity contribution is 7.89. The molecule has 9 heteroatoms. The van der Waals surface area contributed by atoms with E-state index in [1.54, 1.807) is 29.1 Å². The summed E-state index contributed by atoms with van der Waals surface area (Å²) in [4.78, 5) is 12.6. The molecule has 2 N–H and O–H groups in total. The second kappa shape index (κ2) is 6.90. The van der Waals surface area contributed by atoms with Crippen molar-refractivity contribution in [2.45, 2.75) is 49.8 Å². The number of aromatic nitrogens is 2. The molecule has 1 aromatic heterocycles. The number of benzene rings is 1. The van der Waals surface area contributed by atoms with Crippen molar-refractivity contribution in [3.63, 3.8) is 0 Å². The third kappa shape index (κ3) is 2.99. The van der Waals surface area contributed by atoms with Crippen molar-refractivity contribution >= 4 is 21.6 Å². The standard InChI is InChI=1S/C21H26N4O4S/c1-12(2)24-8-7-18(23-24)21(27)22-15-3-5-16(6-4-15)30(28,29)25-11-14-9-13-10-17(14)19(25)20(13)26/h3-8,12-14,17,19-20,26H,9-11H2,1-2H3,(H,22,27)/t13-,14-,17+,19+,20-/m0/s1. The lowest BCUT2D eigenvalue weighted by atomic mass is 9.88. The monoisotopic (exact) mass is 430 g/mol. The van der Waals surface area contributed by atoms with E-state index in [2.05, 4.69) is 10.4 Å². The number of hydrogen-bond acceptors (Lipinski definition) is 5. The zero-order valence-corrected chi connectivity index (χ0v) is 17.8. The fourth-order valence-corrected chi connectivity index (χ4v) is 7.16. The van der Waals surface area contributed by atoms with Gasteiger partial charge in [-0.2, -0.15) is 9.40 Å². The molecule has 8 nitrogen and oxygen atoms in total. The van der Waals surface area contributed by atoms with Gasteiger partial charge in [0, 0.05) is 24.5 Å². The maximum absolute atomic E-state index is 13.2. The van der Waals surface area contributed by atoms with Gasteiger partial charge in [0.1, 0.15) is 0 Å². The van der Waals surface area contributed by atoms with E-state index in [9.17, 15) is 18.3 Å². The molecule has 0 radical (unpaired) electrons. The van der Waals surface area contributed by atoms with Gasteiger partial charge in [0.25, 0.3) is 5.91 Å². The van der Waals surface area contributed by atoms with Crippen LogP contribution in [0.3, 0.4) is 0 Å². The Balaban J connectivity index is 1.31. The lowest BCUT2D eigenvalue weighted by Gasteiger charge is -2.28. The minimum Gasteiger partial charge on any atom is -0.391 e. The molecule has 5 atom stereocenters. The molecule has 2 heterocycles. The number of carbonyl (C=O) groups is 1. The summed E-state index contributed by atoms with van der Waals surface area (Å²) < 4.78 is 29.7. The van der Waals surface area contributed by atoms with Gasteiger partial charge in [0.15, 0.2) is 5.69 Å². The van der Waals surface area contributed by atoms with Crippen LogP contribution in [-0.2, 0) is 10.0 Å². The number of aliphatic hydroxyl groups is 1. The van der Waals surface area contributed by atoms with Gasteiger partial charge in [-0.1, -0.05) is 0 Å². The van der Waals surface area contributed by atoms with E-state index in [0.29, 0.717) is 23.8 Å². The minimum atomic E-state index is -3.69. The number of nitrogens with zero attached hydrogens (tertiary/aromatic N) is 3. The number of sulfonamides is 1. The van der Waals surface area contributed by atoms with Crippen molar-refractivity contribution in [1.29, 1.82) is 0 Å². The molecule has 160 valence electrons. The number of nitrogens with one attached hydrogen (secondary N) is 1. The second-order valence-corrected chi connectivity index (χ2v) is 10.9. The number of amides is 1. The predicted molar refractivity (Wildman–Crippen MR) is 110 cm³/mol. The fourth-order valence-electron chi connectivity index (χ4n) is 5.42. The highest BCUT2D eigenvalue weighted by Crippen LogP contribution is 2.56. The van der Waals surface area contributed by atoms with Crippen molar-refractivity contribution in [2.75, 3.05) is 11.9 Å². The van der Waals surface area contributed by atoms with Gasteiger partial charge >= 0.3 is 0 Å². The largest absolute Gasteiger partial charge is 0.391 e. The lowest BCUT2D eigenvalue weighted by molar-refractivity contribution is 0.0731. The average molecular weight is 431 g/mol. The van der Waals surface area contributed by atoms with Crippen LogP contribution in [0.25, 0.3) is 0 Å². The number of hydrogen-bond donors (Lipinski definition) is 2. The Morgan fingerprint density at radius 3 is 2.53 bits per heavy atom. The molecule has 30 heavy (non-hydrogen) atoms. The summed E-state index contributed by atoms with van der Waals surface area (Å²) in [6, 6.07) is 7.70. The summed E-state index contributed by atoms with van der Waals surface area (Å²) in [5.74, 6) is 0.537. The molecule has 2 saturated carbocycles. The van der Waals surface area contributed by atoms with E-state index in [1.807, 2.05) is 13.8 Å². The summed E-state index contributed by atoms with van der Waals surface area (Å²) >= 11 is 0. The number of anilines is 1. The van der Waals surface area contributed by atoms with Crippen LogP contribution in [0.5, 0.6) is 0 Å². The average Bonchev–Trinajstić information content (AvgIpc) is 3.44. The van der Waals surface area contributed by atoms with Crippen LogP contribution < -0.4 is 5.32 Å². The van der Waals surface area contributed by atoms with Gasteiger partial charge in [-0.05, 0) is 74.8 Å². The van der Waals surface area contributed by atoms with Gasteiger partial charge < -0.3 is 10.4 Å².